The van der Waals surface area contributed by atoms with E-state index in [1.807, 2.05) is 0 Å². The summed E-state index contributed by atoms with van der Waals surface area (Å²) in [4.78, 5) is 0. The highest BCUT2D eigenvalue weighted by atomic mass is 16.3. The summed E-state index contributed by atoms with van der Waals surface area (Å²) in [6.07, 6.45) is 1.84. The molecular formula is C5H10NO. The molecule has 0 aliphatic heterocycles. The predicted molar refractivity (Wildman–Crippen MR) is 27.5 cm³/mol. The summed E-state index contributed by atoms with van der Waals surface area (Å²) in [5.41, 5.74) is 0. The van der Waals surface area contributed by atoms with Gasteiger partial charge >= 0.3 is 0 Å². The van der Waals surface area contributed by atoms with Crippen molar-refractivity contribution in [3.8, 4) is 0 Å². The van der Waals surface area contributed by atoms with Crippen LogP contribution in [-0.2, 0) is 0 Å². The first-order chi connectivity index (χ1) is 3.29. The van der Waals surface area contributed by atoms with E-state index in [1.165, 1.54) is 12.8 Å². The second-order valence-corrected chi connectivity index (χ2v) is 1.96. The van der Waals surface area contributed by atoms with E-state index in [0.717, 1.165) is 0 Å². The molecule has 0 aromatic carbocycles. The van der Waals surface area contributed by atoms with Crippen LogP contribution in [0.15, 0.2) is 0 Å². The van der Waals surface area contributed by atoms with Crippen molar-refractivity contribution >= 4 is 0 Å². The molecule has 0 aromatic rings. The summed E-state index contributed by atoms with van der Waals surface area (Å²) in [5.74, 6) is 0. The number of hydrogen-bond donors (Lipinski definition) is 2. The molecule has 2 N–H and O–H groups in total. The largest absolute Gasteiger partial charge is 0.379 e. The highest BCUT2D eigenvalue weighted by molar-refractivity contribution is 4.82. The third-order valence-corrected chi connectivity index (χ3v) is 1.01. The Bertz CT molecular complexity index is 59.1. The molecule has 2 nitrogen and oxygen atoms in total. The van der Waals surface area contributed by atoms with Gasteiger partial charge in [0.05, 0.1) is 0 Å². The van der Waals surface area contributed by atoms with E-state index in [0.29, 0.717) is 6.04 Å². The highest BCUT2D eigenvalue weighted by Crippen LogP contribution is 2.18. The topological polar surface area (TPSA) is 32.3 Å². The molecular weight excluding hydrogens is 90.1 g/mol. The Kier molecular flexibility index (Phi) is 1.30. The van der Waals surface area contributed by atoms with Gasteiger partial charge in [0.2, 0.25) is 0 Å². The van der Waals surface area contributed by atoms with Crippen molar-refractivity contribution in [3.63, 3.8) is 0 Å². The van der Waals surface area contributed by atoms with Crippen molar-refractivity contribution in [1.29, 1.82) is 0 Å². The van der Waals surface area contributed by atoms with Gasteiger partial charge in [0, 0.05) is 6.04 Å². The molecule has 1 rings (SSSR count). The Morgan fingerprint density at radius 1 is 1.71 bits per heavy atom. The van der Waals surface area contributed by atoms with Gasteiger partial charge in [-0.1, -0.05) is 0 Å². The van der Waals surface area contributed by atoms with Crippen LogP contribution in [0.3, 0.4) is 0 Å². The Morgan fingerprint density at radius 3 is 2.43 bits per heavy atom. The van der Waals surface area contributed by atoms with Gasteiger partial charge in [0.1, 0.15) is 6.23 Å². The summed E-state index contributed by atoms with van der Waals surface area (Å²) < 4.78 is 0. The van der Waals surface area contributed by atoms with Gasteiger partial charge in [-0.3, -0.25) is 5.32 Å². The molecule has 1 aliphatic carbocycles. The highest BCUT2D eigenvalue weighted by Gasteiger charge is 2.21. The van der Waals surface area contributed by atoms with Crippen LogP contribution in [0, 0.1) is 6.92 Å². The molecule has 1 radical (unpaired) electrons. The van der Waals surface area contributed by atoms with E-state index in [9.17, 15) is 0 Å². The van der Waals surface area contributed by atoms with Crippen molar-refractivity contribution in [1.82, 2.24) is 5.32 Å². The van der Waals surface area contributed by atoms with E-state index in [-0.39, 0.29) is 0 Å². The van der Waals surface area contributed by atoms with Gasteiger partial charge in [-0.25, -0.2) is 0 Å². The lowest BCUT2D eigenvalue weighted by Gasteiger charge is -2.02. The Balaban J connectivity index is 1.97. The van der Waals surface area contributed by atoms with Crippen LogP contribution >= 0.6 is 0 Å². The molecule has 1 aliphatic rings. The lowest BCUT2D eigenvalue weighted by atomic mass is 10.6. The molecule has 1 fully saturated rings. The van der Waals surface area contributed by atoms with E-state index >= 15 is 0 Å². The lowest BCUT2D eigenvalue weighted by molar-refractivity contribution is 0.180. The van der Waals surface area contributed by atoms with Crippen LogP contribution in [-0.4, -0.2) is 17.4 Å². The molecule has 0 bridgehead atoms. The summed E-state index contributed by atoms with van der Waals surface area (Å²) in [7, 11) is 0. The lowest BCUT2D eigenvalue weighted by Crippen LogP contribution is -2.27. The summed E-state index contributed by atoms with van der Waals surface area (Å²) in [6, 6.07) is 0.562. The fourth-order valence-electron chi connectivity index (χ4n) is 0.522. The van der Waals surface area contributed by atoms with E-state index in [4.69, 9.17) is 5.11 Å². The Hall–Kier alpha value is -0.0800. The second kappa shape index (κ2) is 1.80. The molecule has 0 aromatic heterocycles. The number of rotatable bonds is 2. The number of hydrogen-bond acceptors (Lipinski definition) is 2. The minimum atomic E-state index is -0.563. The zero-order chi connectivity index (χ0) is 5.28. The summed E-state index contributed by atoms with van der Waals surface area (Å²) >= 11 is 0. The monoisotopic (exact) mass is 100 g/mol. The number of aliphatic hydroxyl groups is 1. The normalized spacial score (nSPS) is 24.9. The smallest absolute Gasteiger partial charge is 0.105 e. The van der Waals surface area contributed by atoms with Crippen LogP contribution in [0.5, 0.6) is 0 Å². The molecule has 0 saturated heterocycles. The van der Waals surface area contributed by atoms with Crippen molar-refractivity contribution in [2.24, 2.45) is 0 Å². The predicted octanol–water partition coefficient (Wildman–Crippen LogP) is -0.109. The van der Waals surface area contributed by atoms with Crippen LogP contribution in [0.2, 0.25) is 0 Å². The Morgan fingerprint density at radius 2 is 2.29 bits per heavy atom. The number of aliphatic hydroxyl groups excluding tert-OH is 1. The summed E-state index contributed by atoms with van der Waals surface area (Å²) in [6.45, 7) is 3.36. The maximum atomic E-state index is 8.54. The number of nitrogens with one attached hydrogen (secondary N) is 1. The maximum absolute atomic E-state index is 8.54. The van der Waals surface area contributed by atoms with Crippen LogP contribution in [0.25, 0.3) is 0 Å². The third-order valence-electron chi connectivity index (χ3n) is 1.01. The van der Waals surface area contributed by atoms with Gasteiger partial charge in [-0.05, 0) is 19.8 Å². The van der Waals surface area contributed by atoms with Gasteiger partial charge in [-0.15, -0.1) is 0 Å². The van der Waals surface area contributed by atoms with Crippen molar-refractivity contribution in [3.05, 3.63) is 6.92 Å². The first-order valence-corrected chi connectivity index (χ1v) is 2.56. The quantitative estimate of drug-likeness (QED) is 0.474. The molecule has 0 spiro atoms. The zero-order valence-corrected chi connectivity index (χ0v) is 4.22. The second-order valence-electron chi connectivity index (χ2n) is 1.96. The molecule has 7 heavy (non-hydrogen) atoms. The molecule has 0 heterocycles. The molecule has 2 heteroatoms. The van der Waals surface area contributed by atoms with E-state index in [1.54, 1.807) is 0 Å². The molecule has 0 amide bonds. The fourth-order valence-corrected chi connectivity index (χ4v) is 0.522. The SMILES string of the molecule is [CH2]C(O)NC1CC1. The molecule has 1 saturated carbocycles. The maximum Gasteiger partial charge on any atom is 0.105 e. The fraction of sp³-hybridized carbons (Fsp3) is 0.800. The van der Waals surface area contributed by atoms with Gasteiger partial charge in [0.15, 0.2) is 0 Å². The van der Waals surface area contributed by atoms with E-state index in [2.05, 4.69) is 12.2 Å². The minimum Gasteiger partial charge on any atom is -0.379 e. The van der Waals surface area contributed by atoms with Gasteiger partial charge in [-0.2, -0.15) is 0 Å². The summed E-state index contributed by atoms with van der Waals surface area (Å²) in [5, 5.41) is 11.4. The van der Waals surface area contributed by atoms with Gasteiger partial charge in [0.25, 0.3) is 0 Å². The molecule has 1 atom stereocenters. The average molecular weight is 100 g/mol. The van der Waals surface area contributed by atoms with Crippen LogP contribution in [0.4, 0.5) is 0 Å². The van der Waals surface area contributed by atoms with Crippen molar-refractivity contribution < 1.29 is 5.11 Å². The van der Waals surface area contributed by atoms with Crippen molar-refractivity contribution in [2.45, 2.75) is 25.1 Å². The Labute approximate surface area is 43.5 Å². The molecule has 1 unspecified atom stereocenters. The van der Waals surface area contributed by atoms with E-state index < -0.39 is 6.23 Å². The van der Waals surface area contributed by atoms with Crippen LogP contribution < -0.4 is 5.32 Å². The zero-order valence-electron chi connectivity index (χ0n) is 4.22. The third kappa shape index (κ3) is 1.90. The van der Waals surface area contributed by atoms with Crippen LogP contribution in [0.1, 0.15) is 12.8 Å². The van der Waals surface area contributed by atoms with Crippen molar-refractivity contribution in [2.75, 3.05) is 0 Å². The van der Waals surface area contributed by atoms with Gasteiger partial charge < -0.3 is 5.11 Å². The first-order valence-electron chi connectivity index (χ1n) is 2.56. The standard InChI is InChI=1S/C5H10NO/c1-4(7)6-5-2-3-5/h4-7H,1-3H2. The first kappa shape index (κ1) is 5.06. The molecule has 41 valence electrons. The minimum absolute atomic E-state index is 0.562. The average Bonchev–Trinajstić information content (AvgIpc) is 2.17.